The van der Waals surface area contributed by atoms with Crippen LogP contribution in [0.4, 0.5) is 5.69 Å². The maximum absolute atomic E-state index is 12.9. The van der Waals surface area contributed by atoms with Crippen LogP contribution in [-0.2, 0) is 11.3 Å². The van der Waals surface area contributed by atoms with Gasteiger partial charge in [0.2, 0.25) is 5.91 Å². The zero-order chi connectivity index (χ0) is 20.5. The summed E-state index contributed by atoms with van der Waals surface area (Å²) in [6, 6.07) is 21.4. The van der Waals surface area contributed by atoms with Crippen molar-refractivity contribution in [1.29, 1.82) is 0 Å². The number of hydrogen-bond acceptors (Lipinski definition) is 4. The highest BCUT2D eigenvalue weighted by Crippen LogP contribution is 2.33. The van der Waals surface area contributed by atoms with Crippen LogP contribution in [-0.4, -0.2) is 28.7 Å². The van der Waals surface area contributed by atoms with Gasteiger partial charge in [-0.2, -0.15) is 0 Å². The average molecular weight is 399 g/mol. The van der Waals surface area contributed by atoms with Gasteiger partial charge in [0, 0.05) is 17.3 Å². The third kappa shape index (κ3) is 3.37. The van der Waals surface area contributed by atoms with Crippen molar-refractivity contribution in [2.24, 2.45) is 0 Å². The van der Waals surface area contributed by atoms with Gasteiger partial charge in [0.1, 0.15) is 25.6 Å². The average Bonchev–Trinajstić information content (AvgIpc) is 3.12. The second-order valence-corrected chi connectivity index (χ2v) is 7.23. The van der Waals surface area contributed by atoms with Gasteiger partial charge in [0.15, 0.2) is 11.5 Å². The molecule has 1 aliphatic heterocycles. The van der Waals surface area contributed by atoms with Crippen molar-refractivity contribution in [3.63, 3.8) is 0 Å². The Hall–Kier alpha value is -3.80. The smallest absolute Gasteiger partial charge is 0.244 e. The molecule has 2 heterocycles. The highest BCUT2D eigenvalue weighted by atomic mass is 16.6. The number of nitrogens with one attached hydrogen (secondary N) is 1. The van der Waals surface area contributed by atoms with Crippen molar-refractivity contribution in [2.45, 2.75) is 13.5 Å². The van der Waals surface area contributed by atoms with Gasteiger partial charge in [-0.05, 0) is 36.8 Å². The maximum Gasteiger partial charge on any atom is 0.244 e. The monoisotopic (exact) mass is 399 g/mol. The molecule has 30 heavy (non-hydrogen) atoms. The molecule has 1 N–H and O–H groups in total. The number of rotatable bonds is 4. The number of nitrogens with zero attached hydrogens (tertiary/aromatic N) is 2. The summed E-state index contributed by atoms with van der Waals surface area (Å²) >= 11 is 0. The Labute approximate surface area is 174 Å². The lowest BCUT2D eigenvalue weighted by Crippen LogP contribution is -2.20. The van der Waals surface area contributed by atoms with Gasteiger partial charge < -0.3 is 19.4 Å². The topological polar surface area (TPSA) is 65.4 Å². The molecule has 1 aromatic heterocycles. The van der Waals surface area contributed by atoms with E-state index in [4.69, 9.17) is 14.5 Å². The number of carbonyl (C=O) groups excluding carboxylic acids is 1. The number of hydrogen-bond donors (Lipinski definition) is 1. The molecular formula is C24H21N3O3. The van der Waals surface area contributed by atoms with E-state index in [2.05, 4.69) is 5.32 Å². The van der Waals surface area contributed by atoms with Crippen LogP contribution in [0, 0.1) is 6.92 Å². The van der Waals surface area contributed by atoms with Crippen LogP contribution in [0.5, 0.6) is 11.5 Å². The van der Waals surface area contributed by atoms with Crippen LogP contribution in [0.15, 0.2) is 66.7 Å². The molecule has 0 aliphatic carbocycles. The Bertz CT molecular complexity index is 1250. The Kier molecular flexibility index (Phi) is 4.59. The molecule has 150 valence electrons. The third-order valence-corrected chi connectivity index (χ3v) is 5.17. The van der Waals surface area contributed by atoms with Gasteiger partial charge in [0.25, 0.3) is 0 Å². The lowest BCUT2D eigenvalue weighted by molar-refractivity contribution is -0.116. The fourth-order valence-corrected chi connectivity index (χ4v) is 3.73. The first-order valence-electron chi connectivity index (χ1n) is 9.90. The van der Waals surface area contributed by atoms with Crippen LogP contribution in [0.25, 0.3) is 22.4 Å². The van der Waals surface area contributed by atoms with E-state index in [-0.39, 0.29) is 12.5 Å². The standard InChI is InChI=1S/C24H21N3O3/c1-16-6-2-3-7-18(16)24-26-19-8-4-5-9-20(19)27(24)15-23(28)25-17-10-11-21-22(14-17)30-13-12-29-21/h2-11,14H,12-13,15H2,1H3,(H,25,28). The summed E-state index contributed by atoms with van der Waals surface area (Å²) in [5.74, 6) is 1.99. The summed E-state index contributed by atoms with van der Waals surface area (Å²) in [4.78, 5) is 17.7. The summed E-state index contributed by atoms with van der Waals surface area (Å²) in [6.45, 7) is 3.24. The van der Waals surface area contributed by atoms with E-state index >= 15 is 0 Å². The Morgan fingerprint density at radius 3 is 2.63 bits per heavy atom. The summed E-state index contributed by atoms with van der Waals surface area (Å²) in [6.07, 6.45) is 0. The van der Waals surface area contributed by atoms with Gasteiger partial charge in [-0.1, -0.05) is 36.4 Å². The van der Waals surface area contributed by atoms with Crippen LogP contribution < -0.4 is 14.8 Å². The van der Waals surface area contributed by atoms with Crippen LogP contribution in [0.3, 0.4) is 0 Å². The minimum Gasteiger partial charge on any atom is -0.486 e. The highest BCUT2D eigenvalue weighted by molar-refractivity contribution is 5.93. The zero-order valence-electron chi connectivity index (χ0n) is 16.6. The summed E-state index contributed by atoms with van der Waals surface area (Å²) in [5.41, 5.74) is 4.59. The number of anilines is 1. The molecule has 0 saturated heterocycles. The number of benzene rings is 3. The number of ether oxygens (including phenoxy) is 2. The van der Waals surface area contributed by atoms with Crippen molar-refractivity contribution < 1.29 is 14.3 Å². The number of carbonyl (C=O) groups is 1. The molecule has 0 bridgehead atoms. The lowest BCUT2D eigenvalue weighted by Gasteiger charge is -2.19. The van der Waals surface area contributed by atoms with Crippen molar-refractivity contribution in [3.8, 4) is 22.9 Å². The Morgan fingerprint density at radius 2 is 1.77 bits per heavy atom. The molecule has 0 spiro atoms. The predicted octanol–water partition coefficient (Wildman–Crippen LogP) is 4.42. The molecular weight excluding hydrogens is 378 g/mol. The molecule has 6 heteroatoms. The molecule has 0 saturated carbocycles. The normalized spacial score (nSPS) is 12.7. The van der Waals surface area contributed by atoms with Gasteiger partial charge in [-0.3, -0.25) is 4.79 Å². The van der Waals surface area contributed by atoms with Gasteiger partial charge in [-0.25, -0.2) is 4.98 Å². The lowest BCUT2D eigenvalue weighted by atomic mass is 10.1. The van der Waals surface area contributed by atoms with Crippen molar-refractivity contribution >= 4 is 22.6 Å². The van der Waals surface area contributed by atoms with Crippen LogP contribution >= 0.6 is 0 Å². The minimum absolute atomic E-state index is 0.135. The molecule has 0 unspecified atom stereocenters. The second kappa shape index (κ2) is 7.55. The van der Waals surface area contributed by atoms with E-state index in [1.54, 1.807) is 6.07 Å². The number of para-hydroxylation sites is 2. The molecule has 0 radical (unpaired) electrons. The van der Waals surface area contributed by atoms with E-state index in [9.17, 15) is 4.79 Å². The van der Waals surface area contributed by atoms with E-state index in [0.717, 1.165) is 28.0 Å². The number of aromatic nitrogens is 2. The van der Waals surface area contributed by atoms with Crippen molar-refractivity contribution in [2.75, 3.05) is 18.5 Å². The van der Waals surface area contributed by atoms with Gasteiger partial charge >= 0.3 is 0 Å². The molecule has 5 rings (SSSR count). The number of amides is 1. The maximum atomic E-state index is 12.9. The van der Waals surface area contributed by atoms with Crippen LogP contribution in [0.1, 0.15) is 5.56 Å². The number of fused-ring (bicyclic) bond motifs is 2. The van der Waals surface area contributed by atoms with E-state index in [1.807, 2.05) is 72.2 Å². The molecule has 4 aromatic rings. The number of aryl methyl sites for hydroxylation is 1. The van der Waals surface area contributed by atoms with E-state index < -0.39 is 0 Å². The van der Waals surface area contributed by atoms with Crippen molar-refractivity contribution in [3.05, 3.63) is 72.3 Å². The van der Waals surface area contributed by atoms with Gasteiger partial charge in [0.05, 0.1) is 11.0 Å². The Morgan fingerprint density at radius 1 is 1.00 bits per heavy atom. The van der Waals surface area contributed by atoms with E-state index in [1.165, 1.54) is 0 Å². The van der Waals surface area contributed by atoms with Crippen LogP contribution in [0.2, 0.25) is 0 Å². The van der Waals surface area contributed by atoms with E-state index in [0.29, 0.717) is 30.4 Å². The Balaban J connectivity index is 1.47. The fourth-order valence-electron chi connectivity index (χ4n) is 3.73. The first-order chi connectivity index (χ1) is 14.7. The fraction of sp³-hybridized carbons (Fsp3) is 0.167. The molecule has 0 atom stereocenters. The molecule has 0 fully saturated rings. The second-order valence-electron chi connectivity index (χ2n) is 7.23. The molecule has 1 amide bonds. The first-order valence-corrected chi connectivity index (χ1v) is 9.90. The molecule has 3 aromatic carbocycles. The van der Waals surface area contributed by atoms with Crippen molar-refractivity contribution in [1.82, 2.24) is 9.55 Å². The minimum atomic E-state index is -0.135. The summed E-state index contributed by atoms with van der Waals surface area (Å²) in [7, 11) is 0. The third-order valence-electron chi connectivity index (χ3n) is 5.17. The zero-order valence-corrected chi connectivity index (χ0v) is 16.6. The number of imidazole rings is 1. The summed E-state index contributed by atoms with van der Waals surface area (Å²) < 4.78 is 13.1. The highest BCUT2D eigenvalue weighted by Gasteiger charge is 2.17. The quantitative estimate of drug-likeness (QED) is 0.552. The van der Waals surface area contributed by atoms with Gasteiger partial charge in [-0.15, -0.1) is 0 Å². The molecule has 6 nitrogen and oxygen atoms in total. The summed E-state index contributed by atoms with van der Waals surface area (Å²) in [5, 5.41) is 2.97. The first kappa shape index (κ1) is 18.2. The predicted molar refractivity (Wildman–Crippen MR) is 116 cm³/mol. The molecule has 1 aliphatic rings. The largest absolute Gasteiger partial charge is 0.486 e. The SMILES string of the molecule is Cc1ccccc1-c1nc2ccccc2n1CC(=O)Nc1ccc2c(c1)OCCO2.